The fraction of sp³-hybridized carbons (Fsp3) is 0.500. The van der Waals surface area contributed by atoms with E-state index in [2.05, 4.69) is 12.2 Å². The molecule has 0 radical (unpaired) electrons. The Labute approximate surface area is 208 Å². The largest absolute Gasteiger partial charge is 0.491 e. The van der Waals surface area contributed by atoms with Crippen molar-refractivity contribution in [3.63, 3.8) is 0 Å². The maximum Gasteiger partial charge on any atom is 0.324 e. The van der Waals surface area contributed by atoms with Crippen molar-refractivity contribution < 1.29 is 19.1 Å². The van der Waals surface area contributed by atoms with E-state index in [0.717, 1.165) is 34.7 Å². The molecule has 7 heteroatoms. The molecule has 0 unspecified atom stereocenters. The molecule has 4 rings (SSSR count). The fourth-order valence-electron chi connectivity index (χ4n) is 4.65. The summed E-state index contributed by atoms with van der Waals surface area (Å²) in [6, 6.07) is 13.8. The zero-order valence-electron chi connectivity index (χ0n) is 21.3. The first-order chi connectivity index (χ1) is 16.8. The third kappa shape index (κ3) is 6.08. The maximum atomic E-state index is 13.5. The molecule has 188 valence electrons. The first-order valence-corrected chi connectivity index (χ1v) is 12.7. The Balaban J connectivity index is 1.30. The molecular formula is C28H37N3O4. The summed E-state index contributed by atoms with van der Waals surface area (Å²) in [5.74, 6) is 1.57. The number of ether oxygens (including phenoxy) is 2. The fourth-order valence-corrected chi connectivity index (χ4v) is 4.65. The molecule has 0 spiro atoms. The average Bonchev–Trinajstić information content (AvgIpc) is 2.86. The van der Waals surface area contributed by atoms with Crippen LogP contribution in [0.4, 0.5) is 10.5 Å². The molecule has 0 aliphatic carbocycles. The topological polar surface area (TPSA) is 71.1 Å². The van der Waals surface area contributed by atoms with Crippen molar-refractivity contribution in [2.24, 2.45) is 5.92 Å². The predicted octanol–water partition coefficient (Wildman–Crippen LogP) is 4.91. The van der Waals surface area contributed by atoms with Crippen molar-refractivity contribution in [2.45, 2.75) is 65.7 Å². The number of fused-ring (bicyclic) bond motifs is 1. The number of nitrogens with zero attached hydrogens (tertiary/aromatic N) is 2. The van der Waals surface area contributed by atoms with E-state index in [1.165, 1.54) is 0 Å². The zero-order chi connectivity index (χ0) is 24.9. The van der Waals surface area contributed by atoms with Crippen LogP contribution in [0.3, 0.4) is 0 Å². The van der Waals surface area contributed by atoms with E-state index in [-0.39, 0.29) is 30.1 Å². The highest BCUT2D eigenvalue weighted by atomic mass is 16.5. The number of hydrogen-bond donors (Lipinski definition) is 1. The highest BCUT2D eigenvalue weighted by Crippen LogP contribution is 2.36. The first-order valence-electron chi connectivity index (χ1n) is 12.7. The number of amides is 3. The molecule has 1 saturated heterocycles. The van der Waals surface area contributed by atoms with E-state index in [1.54, 1.807) is 0 Å². The SMILES string of the molecule is CC[C@H]1CN(C(=O)N2CCC(C(=O)NCc3ccc(OC(C)C)cc3)CC2)c2cc(C)ccc2O1. The van der Waals surface area contributed by atoms with Gasteiger partial charge in [0.25, 0.3) is 0 Å². The molecule has 0 bridgehead atoms. The van der Waals surface area contributed by atoms with Gasteiger partial charge in [-0.2, -0.15) is 0 Å². The van der Waals surface area contributed by atoms with Crippen LogP contribution in [0.1, 0.15) is 51.2 Å². The molecule has 2 heterocycles. The van der Waals surface area contributed by atoms with Gasteiger partial charge in [-0.1, -0.05) is 25.1 Å². The second-order valence-corrected chi connectivity index (χ2v) is 9.80. The Bertz CT molecular complexity index is 1030. The summed E-state index contributed by atoms with van der Waals surface area (Å²) >= 11 is 0. The highest BCUT2D eigenvalue weighted by molar-refractivity contribution is 5.94. The first kappa shape index (κ1) is 24.9. The van der Waals surface area contributed by atoms with Gasteiger partial charge in [0.05, 0.1) is 18.3 Å². The monoisotopic (exact) mass is 479 g/mol. The van der Waals surface area contributed by atoms with E-state index in [9.17, 15) is 9.59 Å². The van der Waals surface area contributed by atoms with Crippen LogP contribution in [0.25, 0.3) is 0 Å². The number of piperidine rings is 1. The second-order valence-electron chi connectivity index (χ2n) is 9.80. The molecule has 2 aliphatic heterocycles. The van der Waals surface area contributed by atoms with Crippen LogP contribution >= 0.6 is 0 Å². The van der Waals surface area contributed by atoms with E-state index >= 15 is 0 Å². The Morgan fingerprint density at radius 1 is 1.11 bits per heavy atom. The molecule has 35 heavy (non-hydrogen) atoms. The lowest BCUT2D eigenvalue weighted by Gasteiger charge is -2.39. The summed E-state index contributed by atoms with van der Waals surface area (Å²) in [6.45, 7) is 10.3. The number of carbonyl (C=O) groups is 2. The standard InChI is InChI=1S/C28H37N3O4/c1-5-23-18-31(25-16-20(4)6-11-26(25)35-23)28(33)30-14-12-22(13-15-30)27(32)29-17-21-7-9-24(10-8-21)34-19(2)3/h6-11,16,19,22-23H,5,12-15,17-18H2,1-4H3,(H,29,32)/t23-/m0/s1. The highest BCUT2D eigenvalue weighted by Gasteiger charge is 2.34. The average molecular weight is 480 g/mol. The van der Waals surface area contributed by atoms with Gasteiger partial charge >= 0.3 is 6.03 Å². The minimum atomic E-state index is -0.0785. The van der Waals surface area contributed by atoms with Crippen LogP contribution in [0.5, 0.6) is 11.5 Å². The minimum absolute atomic E-state index is 0.00108. The third-order valence-electron chi connectivity index (χ3n) is 6.67. The van der Waals surface area contributed by atoms with Crippen molar-refractivity contribution in [3.05, 3.63) is 53.6 Å². The lowest BCUT2D eigenvalue weighted by molar-refractivity contribution is -0.126. The smallest absolute Gasteiger partial charge is 0.324 e. The molecule has 1 N–H and O–H groups in total. The second kappa shape index (κ2) is 11.0. The summed E-state index contributed by atoms with van der Waals surface area (Å²) < 4.78 is 11.7. The summed E-state index contributed by atoms with van der Waals surface area (Å²) in [5.41, 5.74) is 2.97. The van der Waals surface area contributed by atoms with Gasteiger partial charge < -0.3 is 19.7 Å². The van der Waals surface area contributed by atoms with Gasteiger partial charge in [-0.15, -0.1) is 0 Å². The van der Waals surface area contributed by atoms with Gasteiger partial charge in [-0.3, -0.25) is 9.69 Å². The molecule has 3 amide bonds. The Kier molecular flexibility index (Phi) is 7.83. The van der Waals surface area contributed by atoms with Crippen LogP contribution in [0.2, 0.25) is 0 Å². The summed E-state index contributed by atoms with van der Waals surface area (Å²) in [7, 11) is 0. The number of aryl methyl sites for hydroxylation is 1. The van der Waals surface area contributed by atoms with Crippen LogP contribution in [0.15, 0.2) is 42.5 Å². The molecule has 0 saturated carbocycles. The Morgan fingerprint density at radius 2 is 1.83 bits per heavy atom. The van der Waals surface area contributed by atoms with E-state index in [0.29, 0.717) is 39.0 Å². The minimum Gasteiger partial charge on any atom is -0.491 e. The maximum absolute atomic E-state index is 13.5. The van der Waals surface area contributed by atoms with E-state index in [1.807, 2.05) is 73.0 Å². The van der Waals surface area contributed by atoms with Crippen molar-refractivity contribution in [1.82, 2.24) is 10.2 Å². The number of likely N-dealkylation sites (tertiary alicyclic amines) is 1. The zero-order valence-corrected chi connectivity index (χ0v) is 21.3. The molecular weight excluding hydrogens is 442 g/mol. The number of urea groups is 1. The molecule has 0 aromatic heterocycles. The van der Waals surface area contributed by atoms with E-state index < -0.39 is 0 Å². The number of anilines is 1. The van der Waals surface area contributed by atoms with Crippen molar-refractivity contribution in [2.75, 3.05) is 24.5 Å². The van der Waals surface area contributed by atoms with Gasteiger partial charge in [0.15, 0.2) is 0 Å². The van der Waals surface area contributed by atoms with Crippen LogP contribution in [0, 0.1) is 12.8 Å². The lowest BCUT2D eigenvalue weighted by atomic mass is 9.96. The molecule has 2 aliphatic rings. The molecule has 1 atom stereocenters. The summed E-state index contributed by atoms with van der Waals surface area (Å²) in [6.07, 6.45) is 2.30. The van der Waals surface area contributed by atoms with Crippen LogP contribution in [-0.4, -0.2) is 48.7 Å². The van der Waals surface area contributed by atoms with Crippen molar-refractivity contribution in [3.8, 4) is 11.5 Å². The molecule has 2 aromatic carbocycles. The van der Waals surface area contributed by atoms with E-state index in [4.69, 9.17) is 9.47 Å². The predicted molar refractivity (Wildman–Crippen MR) is 137 cm³/mol. The van der Waals surface area contributed by atoms with Gasteiger partial charge in [0, 0.05) is 25.6 Å². The summed E-state index contributed by atoms with van der Waals surface area (Å²) in [5, 5.41) is 3.06. The number of rotatable bonds is 6. The lowest BCUT2D eigenvalue weighted by Crippen LogP contribution is -2.52. The molecule has 1 fully saturated rings. The number of nitrogens with one attached hydrogen (secondary N) is 1. The molecule has 2 aromatic rings. The van der Waals surface area contributed by atoms with Crippen molar-refractivity contribution >= 4 is 17.6 Å². The van der Waals surface area contributed by atoms with Crippen molar-refractivity contribution in [1.29, 1.82) is 0 Å². The Hall–Kier alpha value is -3.22. The normalized spacial score (nSPS) is 18.1. The molecule has 7 nitrogen and oxygen atoms in total. The quantitative estimate of drug-likeness (QED) is 0.639. The number of hydrogen-bond acceptors (Lipinski definition) is 4. The van der Waals surface area contributed by atoms with Gasteiger partial charge in [0.1, 0.15) is 17.6 Å². The van der Waals surface area contributed by atoms with Gasteiger partial charge in [-0.05, 0) is 75.4 Å². The number of carbonyl (C=O) groups excluding carboxylic acids is 2. The summed E-state index contributed by atoms with van der Waals surface area (Å²) in [4.78, 5) is 30.0. The van der Waals surface area contributed by atoms with Gasteiger partial charge in [0.2, 0.25) is 5.91 Å². The van der Waals surface area contributed by atoms with Crippen LogP contribution in [-0.2, 0) is 11.3 Å². The van der Waals surface area contributed by atoms with Gasteiger partial charge in [-0.25, -0.2) is 4.79 Å². The third-order valence-corrected chi connectivity index (χ3v) is 6.67. The number of benzene rings is 2. The van der Waals surface area contributed by atoms with Crippen LogP contribution < -0.4 is 19.7 Å². The Morgan fingerprint density at radius 3 is 2.49 bits per heavy atom.